The first-order chi connectivity index (χ1) is 8.10. The first kappa shape index (κ1) is 11.9. The summed E-state index contributed by atoms with van der Waals surface area (Å²) in [5, 5.41) is 0.584. The molecule has 2 heteroatoms. The molecule has 0 N–H and O–H groups in total. The fourth-order valence-corrected chi connectivity index (χ4v) is 2.20. The van der Waals surface area contributed by atoms with Crippen LogP contribution in [-0.2, 0) is 0 Å². The van der Waals surface area contributed by atoms with Crippen LogP contribution in [0.25, 0.3) is 11.1 Å². The molecule has 0 aliphatic rings. The minimum atomic E-state index is 0.584. The number of halogens is 1. The van der Waals surface area contributed by atoms with Gasteiger partial charge in [0.25, 0.3) is 0 Å². The largest absolute Gasteiger partial charge is 0.298 e. The summed E-state index contributed by atoms with van der Waals surface area (Å²) in [4.78, 5) is 11.1. The maximum Gasteiger partial charge on any atom is 0.150 e. The molecule has 2 aromatic rings. The van der Waals surface area contributed by atoms with Crippen LogP contribution in [0.5, 0.6) is 0 Å². The summed E-state index contributed by atoms with van der Waals surface area (Å²) in [6.07, 6.45) is 0.846. The van der Waals surface area contributed by atoms with Crippen molar-refractivity contribution in [3.63, 3.8) is 0 Å². The molecule has 0 amide bonds. The van der Waals surface area contributed by atoms with Crippen molar-refractivity contribution in [2.75, 3.05) is 0 Å². The molecule has 0 bridgehead atoms. The van der Waals surface area contributed by atoms with Crippen LogP contribution >= 0.6 is 11.6 Å². The highest BCUT2D eigenvalue weighted by atomic mass is 35.5. The Kier molecular flexibility index (Phi) is 3.30. The van der Waals surface area contributed by atoms with E-state index in [1.165, 1.54) is 11.1 Å². The smallest absolute Gasteiger partial charge is 0.150 e. The Bertz CT molecular complexity index is 553. The minimum absolute atomic E-state index is 0.584. The fourth-order valence-electron chi connectivity index (χ4n) is 2.02. The molecule has 0 heterocycles. The van der Waals surface area contributed by atoms with E-state index in [0.717, 1.165) is 17.4 Å². The van der Waals surface area contributed by atoms with E-state index < -0.39 is 0 Å². The summed E-state index contributed by atoms with van der Waals surface area (Å²) >= 11 is 5.89. The minimum Gasteiger partial charge on any atom is -0.298 e. The lowest BCUT2D eigenvalue weighted by molar-refractivity contribution is 0.112. The maximum atomic E-state index is 11.1. The van der Waals surface area contributed by atoms with Crippen molar-refractivity contribution in [2.24, 2.45) is 0 Å². The second kappa shape index (κ2) is 4.72. The highest BCUT2D eigenvalue weighted by molar-refractivity contribution is 6.31. The first-order valence-electron chi connectivity index (χ1n) is 5.43. The average molecular weight is 245 g/mol. The van der Waals surface area contributed by atoms with Crippen LogP contribution in [0.3, 0.4) is 0 Å². The van der Waals surface area contributed by atoms with Gasteiger partial charge in [-0.3, -0.25) is 4.79 Å². The van der Waals surface area contributed by atoms with Crippen molar-refractivity contribution >= 4 is 17.9 Å². The number of rotatable bonds is 2. The van der Waals surface area contributed by atoms with Crippen molar-refractivity contribution in [2.45, 2.75) is 13.8 Å². The van der Waals surface area contributed by atoms with Crippen molar-refractivity contribution in [3.8, 4) is 11.1 Å². The lowest BCUT2D eigenvalue weighted by Gasteiger charge is -2.08. The second-order valence-electron chi connectivity index (χ2n) is 4.23. The zero-order valence-corrected chi connectivity index (χ0v) is 10.6. The molecule has 0 aliphatic carbocycles. The Labute approximate surface area is 106 Å². The third-order valence-corrected chi connectivity index (χ3v) is 2.91. The van der Waals surface area contributed by atoms with Crippen molar-refractivity contribution < 1.29 is 4.79 Å². The molecule has 17 heavy (non-hydrogen) atoms. The molecule has 0 unspecified atom stereocenters. The van der Waals surface area contributed by atoms with Crippen LogP contribution in [0.4, 0.5) is 0 Å². The normalized spacial score (nSPS) is 10.3. The maximum absolute atomic E-state index is 11.1. The summed E-state index contributed by atoms with van der Waals surface area (Å²) in [6, 6.07) is 11.6. The van der Waals surface area contributed by atoms with Crippen LogP contribution in [-0.4, -0.2) is 6.29 Å². The molecule has 0 radical (unpaired) electrons. The van der Waals surface area contributed by atoms with E-state index in [4.69, 9.17) is 11.6 Å². The summed E-state index contributed by atoms with van der Waals surface area (Å²) < 4.78 is 0. The summed E-state index contributed by atoms with van der Waals surface area (Å²) in [7, 11) is 0. The molecule has 0 aromatic heterocycles. The highest BCUT2D eigenvalue weighted by Crippen LogP contribution is 2.27. The Hall–Kier alpha value is -1.60. The number of benzene rings is 2. The van der Waals surface area contributed by atoms with E-state index >= 15 is 0 Å². The number of aldehydes is 1. The molecule has 2 rings (SSSR count). The third kappa shape index (κ3) is 2.56. The van der Waals surface area contributed by atoms with E-state index in [2.05, 4.69) is 18.2 Å². The molecular weight excluding hydrogens is 232 g/mol. The molecule has 0 atom stereocenters. The standard InChI is InChI=1S/C15H13ClO/c1-10-5-11(2)7-12(6-10)15-4-3-14(16)8-13(15)9-17/h3-9H,1-2H3. The average Bonchev–Trinajstić information content (AvgIpc) is 2.27. The number of carbonyl (C=O) groups excluding carboxylic acids is 1. The number of hydrogen-bond donors (Lipinski definition) is 0. The van der Waals surface area contributed by atoms with Crippen molar-refractivity contribution in [1.29, 1.82) is 0 Å². The zero-order chi connectivity index (χ0) is 12.4. The van der Waals surface area contributed by atoms with E-state index in [1.807, 2.05) is 26.0 Å². The van der Waals surface area contributed by atoms with E-state index in [-0.39, 0.29) is 0 Å². The lowest BCUT2D eigenvalue weighted by Crippen LogP contribution is -1.89. The third-order valence-electron chi connectivity index (χ3n) is 2.67. The van der Waals surface area contributed by atoms with Crippen LogP contribution in [0, 0.1) is 13.8 Å². The number of aryl methyl sites for hydroxylation is 2. The van der Waals surface area contributed by atoms with Crippen molar-refractivity contribution in [3.05, 3.63) is 58.1 Å². The van der Waals surface area contributed by atoms with Gasteiger partial charge in [0.05, 0.1) is 0 Å². The quantitative estimate of drug-likeness (QED) is 0.714. The van der Waals surface area contributed by atoms with Crippen LogP contribution < -0.4 is 0 Å². The van der Waals surface area contributed by atoms with Crippen LogP contribution in [0.2, 0.25) is 5.02 Å². The van der Waals surface area contributed by atoms with E-state index in [9.17, 15) is 4.79 Å². The van der Waals surface area contributed by atoms with Gasteiger partial charge >= 0.3 is 0 Å². The van der Waals surface area contributed by atoms with Gasteiger partial charge in [0, 0.05) is 10.6 Å². The van der Waals surface area contributed by atoms with Gasteiger partial charge in [-0.2, -0.15) is 0 Å². The zero-order valence-electron chi connectivity index (χ0n) is 9.83. The van der Waals surface area contributed by atoms with Gasteiger partial charge in [0.15, 0.2) is 6.29 Å². The molecule has 0 spiro atoms. The van der Waals surface area contributed by atoms with Gasteiger partial charge in [-0.15, -0.1) is 0 Å². The summed E-state index contributed by atoms with van der Waals surface area (Å²) in [5.74, 6) is 0. The van der Waals surface area contributed by atoms with Gasteiger partial charge in [0.2, 0.25) is 0 Å². The monoisotopic (exact) mass is 244 g/mol. The lowest BCUT2D eigenvalue weighted by atomic mass is 9.97. The predicted molar refractivity (Wildman–Crippen MR) is 71.7 cm³/mol. The van der Waals surface area contributed by atoms with E-state index in [0.29, 0.717) is 10.6 Å². The molecule has 1 nitrogen and oxygen atoms in total. The van der Waals surface area contributed by atoms with Gasteiger partial charge in [-0.05, 0) is 37.1 Å². The van der Waals surface area contributed by atoms with Crippen LogP contribution in [0.1, 0.15) is 21.5 Å². The fraction of sp³-hybridized carbons (Fsp3) is 0.133. The van der Waals surface area contributed by atoms with Crippen molar-refractivity contribution in [1.82, 2.24) is 0 Å². The van der Waals surface area contributed by atoms with E-state index in [1.54, 1.807) is 6.07 Å². The Morgan fingerprint density at radius 2 is 1.65 bits per heavy atom. The Balaban J connectivity index is 2.63. The Morgan fingerprint density at radius 3 is 2.24 bits per heavy atom. The second-order valence-corrected chi connectivity index (χ2v) is 4.66. The van der Waals surface area contributed by atoms with Crippen LogP contribution in [0.15, 0.2) is 36.4 Å². The molecule has 0 saturated carbocycles. The predicted octanol–water partition coefficient (Wildman–Crippen LogP) is 4.44. The number of carbonyl (C=O) groups is 1. The first-order valence-corrected chi connectivity index (χ1v) is 5.81. The molecule has 0 aliphatic heterocycles. The SMILES string of the molecule is Cc1cc(C)cc(-c2ccc(Cl)cc2C=O)c1. The van der Waals surface area contributed by atoms with Gasteiger partial charge in [-0.1, -0.05) is 47.0 Å². The molecule has 0 fully saturated rings. The molecule has 2 aromatic carbocycles. The van der Waals surface area contributed by atoms with Gasteiger partial charge in [0.1, 0.15) is 0 Å². The molecular formula is C15H13ClO. The van der Waals surface area contributed by atoms with Gasteiger partial charge in [-0.25, -0.2) is 0 Å². The summed E-state index contributed by atoms with van der Waals surface area (Å²) in [6.45, 7) is 4.10. The Morgan fingerprint density at radius 1 is 1.00 bits per heavy atom. The number of hydrogen-bond acceptors (Lipinski definition) is 1. The topological polar surface area (TPSA) is 17.1 Å². The molecule has 0 saturated heterocycles. The highest BCUT2D eigenvalue weighted by Gasteiger charge is 2.06. The summed E-state index contributed by atoms with van der Waals surface area (Å²) in [5.41, 5.74) is 4.98. The van der Waals surface area contributed by atoms with Gasteiger partial charge < -0.3 is 0 Å². The molecule has 86 valence electrons.